The Morgan fingerprint density at radius 2 is 2.00 bits per heavy atom. The van der Waals surface area contributed by atoms with Crippen molar-refractivity contribution in [3.63, 3.8) is 0 Å². The molecular formula is C12H11N3O. The minimum atomic E-state index is -0.438. The van der Waals surface area contributed by atoms with Crippen LogP contribution in [0, 0.1) is 28.6 Å². The summed E-state index contributed by atoms with van der Waals surface area (Å²) in [6, 6.07) is 3.81. The van der Waals surface area contributed by atoms with Crippen LogP contribution in [0.4, 0.5) is 0 Å². The number of rotatable bonds is 0. The molecule has 0 saturated carbocycles. The molecule has 0 aliphatic heterocycles. The average Bonchev–Trinajstić information content (AvgIpc) is 2.28. The second-order valence-corrected chi connectivity index (χ2v) is 4.23. The maximum Gasteiger partial charge on any atom is 0.267 e. The normalized spacial score (nSPS) is 18.3. The monoisotopic (exact) mass is 213 g/mol. The van der Waals surface area contributed by atoms with Crippen LogP contribution in [0.15, 0.2) is 4.79 Å². The highest BCUT2D eigenvalue weighted by Crippen LogP contribution is 2.26. The van der Waals surface area contributed by atoms with Crippen molar-refractivity contribution in [3.8, 4) is 12.1 Å². The molecule has 1 N–H and O–H groups in total. The molecule has 4 nitrogen and oxygen atoms in total. The zero-order valence-electron chi connectivity index (χ0n) is 9.00. The number of nitrogens with one attached hydrogen (secondary N) is 1. The van der Waals surface area contributed by atoms with Gasteiger partial charge in [0.1, 0.15) is 17.7 Å². The summed E-state index contributed by atoms with van der Waals surface area (Å²) in [5.74, 6) is 0.497. The first-order valence-corrected chi connectivity index (χ1v) is 5.25. The van der Waals surface area contributed by atoms with Crippen molar-refractivity contribution in [2.45, 2.75) is 26.2 Å². The van der Waals surface area contributed by atoms with Crippen LogP contribution in [0.5, 0.6) is 0 Å². The van der Waals surface area contributed by atoms with Crippen molar-refractivity contribution in [2.24, 2.45) is 5.92 Å². The van der Waals surface area contributed by atoms with E-state index in [1.165, 1.54) is 0 Å². The van der Waals surface area contributed by atoms with E-state index in [2.05, 4.69) is 11.9 Å². The standard InChI is InChI=1S/C12H11N3O/c1-7-2-3-11-8(4-7)9(5-13)10(6-14)12(16)15-11/h7H,2-4H2,1H3,(H,15,16)/t7-/m0/s1. The Morgan fingerprint density at radius 3 is 2.62 bits per heavy atom. The molecule has 80 valence electrons. The Morgan fingerprint density at radius 1 is 1.31 bits per heavy atom. The molecule has 1 atom stereocenters. The molecule has 1 aliphatic carbocycles. The number of fused-ring (bicyclic) bond motifs is 1. The van der Waals surface area contributed by atoms with E-state index < -0.39 is 5.56 Å². The lowest BCUT2D eigenvalue weighted by molar-refractivity contribution is 0.492. The second-order valence-electron chi connectivity index (χ2n) is 4.23. The van der Waals surface area contributed by atoms with Gasteiger partial charge in [0, 0.05) is 5.69 Å². The summed E-state index contributed by atoms with van der Waals surface area (Å²) >= 11 is 0. The predicted molar refractivity (Wildman–Crippen MR) is 57.7 cm³/mol. The Labute approximate surface area is 93.1 Å². The Balaban J connectivity index is 2.74. The van der Waals surface area contributed by atoms with E-state index in [4.69, 9.17) is 10.5 Å². The summed E-state index contributed by atoms with van der Waals surface area (Å²) in [6.45, 7) is 2.11. The molecule has 0 spiro atoms. The van der Waals surface area contributed by atoms with Crippen molar-refractivity contribution in [3.05, 3.63) is 32.7 Å². The molecule has 0 aromatic carbocycles. The number of hydrogen-bond acceptors (Lipinski definition) is 3. The van der Waals surface area contributed by atoms with Gasteiger partial charge in [0.05, 0.1) is 5.56 Å². The summed E-state index contributed by atoms with van der Waals surface area (Å²) in [4.78, 5) is 14.3. The lowest BCUT2D eigenvalue weighted by Crippen LogP contribution is -2.23. The van der Waals surface area contributed by atoms with E-state index in [9.17, 15) is 4.79 Å². The van der Waals surface area contributed by atoms with Gasteiger partial charge in [-0.15, -0.1) is 0 Å². The lowest BCUT2D eigenvalue weighted by atomic mass is 9.84. The maximum absolute atomic E-state index is 11.6. The number of H-pyrrole nitrogens is 1. The molecular weight excluding hydrogens is 202 g/mol. The Hall–Kier alpha value is -2.07. The molecule has 0 saturated heterocycles. The van der Waals surface area contributed by atoms with E-state index in [1.54, 1.807) is 0 Å². The van der Waals surface area contributed by atoms with E-state index in [0.29, 0.717) is 5.92 Å². The topological polar surface area (TPSA) is 80.4 Å². The summed E-state index contributed by atoms with van der Waals surface area (Å²) in [6.07, 6.45) is 2.57. The second kappa shape index (κ2) is 3.83. The largest absolute Gasteiger partial charge is 0.325 e. The number of aryl methyl sites for hydroxylation is 1. The average molecular weight is 213 g/mol. The third-order valence-electron chi connectivity index (χ3n) is 3.07. The van der Waals surface area contributed by atoms with Crippen LogP contribution in [-0.2, 0) is 12.8 Å². The first-order chi connectivity index (χ1) is 7.67. The number of hydrogen-bond donors (Lipinski definition) is 1. The molecule has 0 radical (unpaired) electrons. The van der Waals surface area contributed by atoms with E-state index in [-0.39, 0.29) is 11.1 Å². The van der Waals surface area contributed by atoms with Crippen molar-refractivity contribution >= 4 is 0 Å². The maximum atomic E-state index is 11.6. The van der Waals surface area contributed by atoms with Crippen molar-refractivity contribution in [1.29, 1.82) is 10.5 Å². The fourth-order valence-electron chi connectivity index (χ4n) is 2.20. The highest BCUT2D eigenvalue weighted by molar-refractivity contribution is 5.51. The van der Waals surface area contributed by atoms with E-state index in [1.807, 2.05) is 12.1 Å². The van der Waals surface area contributed by atoms with Gasteiger partial charge in [-0.1, -0.05) is 6.92 Å². The van der Waals surface area contributed by atoms with Crippen LogP contribution in [0.1, 0.15) is 35.7 Å². The predicted octanol–water partition coefficient (Wildman–Crippen LogP) is 1.24. The van der Waals surface area contributed by atoms with Crippen molar-refractivity contribution < 1.29 is 0 Å². The van der Waals surface area contributed by atoms with Gasteiger partial charge in [-0.25, -0.2) is 0 Å². The summed E-state index contributed by atoms with van der Waals surface area (Å²) < 4.78 is 0. The molecule has 0 amide bonds. The minimum absolute atomic E-state index is 0.0460. The van der Waals surface area contributed by atoms with Gasteiger partial charge in [-0.05, 0) is 30.7 Å². The molecule has 16 heavy (non-hydrogen) atoms. The van der Waals surface area contributed by atoms with Crippen LogP contribution in [-0.4, -0.2) is 4.98 Å². The number of aromatic nitrogens is 1. The van der Waals surface area contributed by atoms with Gasteiger partial charge >= 0.3 is 0 Å². The van der Waals surface area contributed by atoms with E-state index >= 15 is 0 Å². The SMILES string of the molecule is C[C@H]1CCc2[nH]c(=O)c(C#N)c(C#N)c2C1. The van der Waals surface area contributed by atoms with Gasteiger partial charge < -0.3 is 4.98 Å². The van der Waals surface area contributed by atoms with E-state index in [0.717, 1.165) is 30.5 Å². The lowest BCUT2D eigenvalue weighted by Gasteiger charge is -2.22. The number of nitrogens with zero attached hydrogens (tertiary/aromatic N) is 2. The third kappa shape index (κ3) is 1.49. The molecule has 1 heterocycles. The van der Waals surface area contributed by atoms with Gasteiger partial charge in [0.2, 0.25) is 0 Å². The molecule has 1 aliphatic rings. The summed E-state index contributed by atoms with van der Waals surface area (Å²) in [5.41, 5.74) is 1.48. The first-order valence-electron chi connectivity index (χ1n) is 5.25. The molecule has 2 rings (SSSR count). The summed E-state index contributed by atoms with van der Waals surface area (Å²) in [7, 11) is 0. The molecule has 4 heteroatoms. The molecule has 1 aromatic rings. The highest BCUT2D eigenvalue weighted by atomic mass is 16.1. The first kappa shape index (κ1) is 10.4. The zero-order valence-corrected chi connectivity index (χ0v) is 9.00. The Bertz CT molecular complexity index is 572. The van der Waals surface area contributed by atoms with Crippen LogP contribution in [0.25, 0.3) is 0 Å². The van der Waals surface area contributed by atoms with Crippen LogP contribution in [0.2, 0.25) is 0 Å². The quantitative estimate of drug-likeness (QED) is 0.704. The van der Waals surface area contributed by atoms with Crippen molar-refractivity contribution in [2.75, 3.05) is 0 Å². The van der Waals surface area contributed by atoms with Crippen LogP contribution >= 0.6 is 0 Å². The smallest absolute Gasteiger partial charge is 0.267 e. The van der Waals surface area contributed by atoms with Gasteiger partial charge in [0.15, 0.2) is 0 Å². The van der Waals surface area contributed by atoms with Crippen molar-refractivity contribution in [1.82, 2.24) is 4.98 Å². The van der Waals surface area contributed by atoms with Gasteiger partial charge in [0.25, 0.3) is 5.56 Å². The molecule has 0 bridgehead atoms. The third-order valence-corrected chi connectivity index (χ3v) is 3.07. The van der Waals surface area contributed by atoms with Gasteiger partial charge in [-0.3, -0.25) is 4.79 Å². The molecule has 0 unspecified atom stereocenters. The fraction of sp³-hybridized carbons (Fsp3) is 0.417. The van der Waals surface area contributed by atoms with Crippen LogP contribution in [0.3, 0.4) is 0 Å². The minimum Gasteiger partial charge on any atom is -0.325 e. The Kier molecular flexibility index (Phi) is 2.50. The fourth-order valence-corrected chi connectivity index (χ4v) is 2.20. The van der Waals surface area contributed by atoms with Crippen LogP contribution < -0.4 is 5.56 Å². The molecule has 0 fully saturated rings. The molecule has 1 aromatic heterocycles. The summed E-state index contributed by atoms with van der Waals surface area (Å²) in [5, 5.41) is 17.9. The zero-order chi connectivity index (χ0) is 11.7. The van der Waals surface area contributed by atoms with Gasteiger partial charge in [-0.2, -0.15) is 10.5 Å². The number of pyridine rings is 1. The number of aromatic amines is 1. The highest BCUT2D eigenvalue weighted by Gasteiger charge is 2.22. The number of nitriles is 2.